The van der Waals surface area contributed by atoms with Crippen molar-refractivity contribution in [1.29, 1.82) is 0 Å². The molecule has 0 aliphatic rings. The van der Waals surface area contributed by atoms with Crippen molar-refractivity contribution in [2.24, 2.45) is 0 Å². The zero-order valence-electron chi connectivity index (χ0n) is 24.2. The number of hydrogen-bond donors (Lipinski definition) is 4. The standard InChI is InChI=1S/C9H8O4.C8H6Cl2O2.C8H8O2.C8H10/c1-5-2-3-6(8(10)11)4-7(5)9(12)13;1-4-6(8(11)12)2-5(9)3-7(4)10;1-6-4-2-3-5-7(6)8(9)10;1-7-3-5-8(2)6-4-7/h2-4H,1H3,(H,10,11)(H,12,13);2-3H,1H3,(H,11,12);2-5H,1H3,(H,9,10);3-6H,1-2H3. The Morgan fingerprint density at radius 1 is 0.512 bits per heavy atom. The van der Waals surface area contributed by atoms with Crippen LogP contribution < -0.4 is 0 Å². The molecule has 4 rings (SSSR count). The maximum absolute atomic E-state index is 10.6. The number of hydrogen-bond acceptors (Lipinski definition) is 4. The van der Waals surface area contributed by atoms with Gasteiger partial charge in [-0.25, -0.2) is 19.2 Å². The first-order valence-electron chi connectivity index (χ1n) is 12.6. The maximum Gasteiger partial charge on any atom is 0.336 e. The summed E-state index contributed by atoms with van der Waals surface area (Å²) in [5.74, 6) is -4.11. The van der Waals surface area contributed by atoms with Gasteiger partial charge in [-0.2, -0.15) is 0 Å². The van der Waals surface area contributed by atoms with Crippen molar-refractivity contribution >= 4 is 47.1 Å². The van der Waals surface area contributed by atoms with Crippen LogP contribution >= 0.6 is 23.2 Å². The lowest BCUT2D eigenvalue weighted by Crippen LogP contribution is -2.03. The lowest BCUT2D eigenvalue weighted by molar-refractivity contribution is 0.0680. The fourth-order valence-corrected chi connectivity index (χ4v) is 3.80. The van der Waals surface area contributed by atoms with Gasteiger partial charge in [0.05, 0.1) is 22.3 Å². The second-order valence-corrected chi connectivity index (χ2v) is 10.1. The molecule has 4 aromatic rings. The molecule has 8 nitrogen and oxygen atoms in total. The molecule has 4 aromatic carbocycles. The van der Waals surface area contributed by atoms with E-state index in [1.807, 2.05) is 6.07 Å². The van der Waals surface area contributed by atoms with E-state index in [9.17, 15) is 19.2 Å². The molecule has 43 heavy (non-hydrogen) atoms. The molecular formula is C33H32Cl2O8. The van der Waals surface area contributed by atoms with E-state index >= 15 is 0 Å². The molecule has 0 saturated heterocycles. The van der Waals surface area contributed by atoms with Crippen LogP contribution in [0, 0.1) is 34.6 Å². The normalized spacial score (nSPS) is 9.56. The van der Waals surface area contributed by atoms with Crippen LogP contribution in [0.5, 0.6) is 0 Å². The predicted molar refractivity (Wildman–Crippen MR) is 167 cm³/mol. The minimum atomic E-state index is -1.12. The smallest absolute Gasteiger partial charge is 0.336 e. The highest BCUT2D eigenvalue weighted by atomic mass is 35.5. The van der Waals surface area contributed by atoms with Crippen molar-refractivity contribution < 1.29 is 39.6 Å². The zero-order chi connectivity index (χ0) is 32.9. The summed E-state index contributed by atoms with van der Waals surface area (Å²) in [6, 6.07) is 22.3. The molecule has 0 atom stereocenters. The summed E-state index contributed by atoms with van der Waals surface area (Å²) in [7, 11) is 0. The van der Waals surface area contributed by atoms with Gasteiger partial charge in [-0.15, -0.1) is 0 Å². The Balaban J connectivity index is 0.000000291. The van der Waals surface area contributed by atoms with Gasteiger partial charge in [-0.05, 0) is 81.6 Å². The van der Waals surface area contributed by atoms with Gasteiger partial charge in [-0.3, -0.25) is 0 Å². The summed E-state index contributed by atoms with van der Waals surface area (Å²) in [4.78, 5) is 42.1. The number of carbonyl (C=O) groups is 4. The summed E-state index contributed by atoms with van der Waals surface area (Å²) in [6.07, 6.45) is 0. The van der Waals surface area contributed by atoms with Gasteiger partial charge >= 0.3 is 23.9 Å². The summed E-state index contributed by atoms with van der Waals surface area (Å²) < 4.78 is 0. The average molecular weight is 628 g/mol. The van der Waals surface area contributed by atoms with E-state index in [0.29, 0.717) is 26.7 Å². The monoisotopic (exact) mass is 626 g/mol. The summed E-state index contributed by atoms with van der Waals surface area (Å²) in [6.45, 7) is 9.24. The van der Waals surface area contributed by atoms with Crippen LogP contribution in [0.4, 0.5) is 0 Å². The predicted octanol–water partition coefficient (Wildman–Crippen LogP) is 8.39. The summed E-state index contributed by atoms with van der Waals surface area (Å²) >= 11 is 11.3. The van der Waals surface area contributed by atoms with Crippen LogP contribution in [0.15, 0.2) is 78.9 Å². The van der Waals surface area contributed by atoms with E-state index in [4.69, 9.17) is 43.6 Å². The van der Waals surface area contributed by atoms with Gasteiger partial charge in [0.2, 0.25) is 0 Å². The molecule has 226 valence electrons. The van der Waals surface area contributed by atoms with E-state index in [0.717, 1.165) is 11.6 Å². The van der Waals surface area contributed by atoms with E-state index in [-0.39, 0.29) is 16.7 Å². The van der Waals surface area contributed by atoms with Gasteiger partial charge in [0, 0.05) is 10.0 Å². The third kappa shape index (κ3) is 12.4. The topological polar surface area (TPSA) is 149 Å². The molecule has 0 fully saturated rings. The fraction of sp³-hybridized carbons (Fsp3) is 0.152. The van der Waals surface area contributed by atoms with Gasteiger partial charge < -0.3 is 20.4 Å². The minimum absolute atomic E-state index is 0.0111. The number of carboxylic acid groups (broad SMARTS) is 4. The molecule has 0 heterocycles. The van der Waals surface area contributed by atoms with Crippen LogP contribution in [0.2, 0.25) is 10.0 Å². The highest BCUT2D eigenvalue weighted by Crippen LogP contribution is 2.24. The van der Waals surface area contributed by atoms with Crippen molar-refractivity contribution in [2.75, 3.05) is 0 Å². The van der Waals surface area contributed by atoms with Crippen molar-refractivity contribution in [3.8, 4) is 0 Å². The first-order valence-corrected chi connectivity index (χ1v) is 13.4. The SMILES string of the molecule is Cc1c(Cl)cc(Cl)cc1C(=O)O.Cc1ccc(C(=O)O)cc1C(=O)O.Cc1ccc(C)cc1.Cc1ccccc1C(=O)O. The average Bonchev–Trinajstić information content (AvgIpc) is 2.93. The molecule has 0 bridgehead atoms. The van der Waals surface area contributed by atoms with Crippen LogP contribution in [-0.2, 0) is 0 Å². The Bertz CT molecular complexity index is 1570. The Morgan fingerprint density at radius 2 is 0.977 bits per heavy atom. The summed E-state index contributed by atoms with van der Waals surface area (Å²) in [5, 5.41) is 35.2. The van der Waals surface area contributed by atoms with E-state index < -0.39 is 23.9 Å². The lowest BCUT2D eigenvalue weighted by atomic mass is 10.1. The third-order valence-electron chi connectivity index (χ3n) is 5.85. The molecule has 0 aliphatic heterocycles. The minimum Gasteiger partial charge on any atom is -0.478 e. The van der Waals surface area contributed by atoms with E-state index in [2.05, 4.69) is 38.1 Å². The van der Waals surface area contributed by atoms with Crippen molar-refractivity contribution in [1.82, 2.24) is 0 Å². The molecule has 10 heteroatoms. The quantitative estimate of drug-likeness (QED) is 0.176. The number of rotatable bonds is 4. The molecule has 0 amide bonds. The van der Waals surface area contributed by atoms with Crippen LogP contribution in [0.3, 0.4) is 0 Å². The Morgan fingerprint density at radius 3 is 1.40 bits per heavy atom. The number of aryl methyl sites for hydroxylation is 4. The zero-order valence-corrected chi connectivity index (χ0v) is 25.7. The number of carboxylic acids is 4. The highest BCUT2D eigenvalue weighted by Gasteiger charge is 2.11. The third-order valence-corrected chi connectivity index (χ3v) is 6.46. The Labute approximate surface area is 259 Å². The van der Waals surface area contributed by atoms with Crippen LogP contribution in [-0.4, -0.2) is 44.3 Å². The van der Waals surface area contributed by atoms with Crippen molar-refractivity contribution in [3.05, 3.63) is 139 Å². The Kier molecular flexibility index (Phi) is 14.7. The molecule has 0 aromatic heterocycles. The Hall–Kier alpha value is -4.66. The van der Waals surface area contributed by atoms with E-state index in [1.54, 1.807) is 39.0 Å². The van der Waals surface area contributed by atoms with Crippen molar-refractivity contribution in [3.63, 3.8) is 0 Å². The molecular weight excluding hydrogens is 595 g/mol. The molecule has 0 aliphatic carbocycles. The van der Waals surface area contributed by atoms with Crippen LogP contribution in [0.1, 0.15) is 69.2 Å². The van der Waals surface area contributed by atoms with Gasteiger partial charge in [0.1, 0.15) is 0 Å². The first kappa shape index (κ1) is 36.4. The highest BCUT2D eigenvalue weighted by molar-refractivity contribution is 6.35. The van der Waals surface area contributed by atoms with Gasteiger partial charge in [-0.1, -0.05) is 82.9 Å². The second kappa shape index (κ2) is 17.3. The number of benzene rings is 4. The lowest BCUT2D eigenvalue weighted by Gasteiger charge is -2.02. The molecule has 4 N–H and O–H groups in total. The number of aromatic carboxylic acids is 4. The van der Waals surface area contributed by atoms with Gasteiger partial charge in [0.25, 0.3) is 0 Å². The maximum atomic E-state index is 10.6. The molecule has 0 saturated carbocycles. The van der Waals surface area contributed by atoms with Crippen molar-refractivity contribution in [2.45, 2.75) is 34.6 Å². The van der Waals surface area contributed by atoms with Crippen LogP contribution in [0.25, 0.3) is 0 Å². The molecule has 0 spiro atoms. The van der Waals surface area contributed by atoms with Gasteiger partial charge in [0.15, 0.2) is 0 Å². The first-order chi connectivity index (χ1) is 20.0. The summed E-state index contributed by atoms with van der Waals surface area (Å²) in [5.41, 5.74) is 5.09. The molecule has 0 radical (unpaired) electrons. The molecule has 0 unspecified atom stereocenters. The fourth-order valence-electron chi connectivity index (χ4n) is 3.30. The van der Waals surface area contributed by atoms with E-state index in [1.165, 1.54) is 35.4 Å². The number of halogens is 2. The largest absolute Gasteiger partial charge is 0.478 e. The second-order valence-electron chi connectivity index (χ2n) is 9.28.